The minimum atomic E-state index is -0.506. The first-order chi connectivity index (χ1) is 9.89. The van der Waals surface area contributed by atoms with E-state index < -0.39 is 5.60 Å². The summed E-state index contributed by atoms with van der Waals surface area (Å²) in [6.45, 7) is 6.59. The summed E-state index contributed by atoms with van der Waals surface area (Å²) < 4.78 is 7.41. The molecule has 1 amide bonds. The van der Waals surface area contributed by atoms with Crippen LogP contribution in [-0.4, -0.2) is 32.9 Å². The molecule has 112 valence electrons. The molecule has 6 heteroatoms. The van der Waals surface area contributed by atoms with E-state index in [1.807, 2.05) is 25.5 Å². The lowest BCUT2D eigenvalue weighted by Gasteiger charge is -2.30. The Balaban J connectivity index is 1.82. The molecule has 1 aliphatic carbocycles. The molecule has 0 radical (unpaired) electrons. The molecule has 1 saturated carbocycles. The lowest BCUT2D eigenvalue weighted by Crippen LogP contribution is -2.40. The van der Waals surface area contributed by atoms with Gasteiger partial charge in [-0.25, -0.2) is 4.79 Å². The highest BCUT2D eigenvalue weighted by Gasteiger charge is 2.34. The zero-order chi connectivity index (χ0) is 15.2. The lowest BCUT2D eigenvalue weighted by molar-refractivity contribution is 0.0222. The van der Waals surface area contributed by atoms with Crippen LogP contribution in [0.2, 0.25) is 0 Å². The van der Waals surface area contributed by atoms with Crippen LogP contribution in [0.3, 0.4) is 0 Å². The predicted octanol–water partition coefficient (Wildman–Crippen LogP) is 2.38. The summed E-state index contributed by atoms with van der Waals surface area (Å²) in [5.41, 5.74) is 1.95. The number of nitriles is 1. The highest BCUT2D eigenvalue weighted by Crippen LogP contribution is 2.38. The first kappa shape index (κ1) is 13.9. The molecule has 0 N–H and O–H groups in total. The number of nitrogens with zero attached hydrogens (tertiary/aromatic N) is 4. The molecule has 6 nitrogen and oxygen atoms in total. The molecule has 21 heavy (non-hydrogen) atoms. The molecule has 0 atom stereocenters. The Kier molecular flexibility index (Phi) is 3.16. The van der Waals surface area contributed by atoms with Gasteiger partial charge in [-0.15, -0.1) is 0 Å². The average molecular weight is 288 g/mol. The third-order valence-electron chi connectivity index (χ3n) is 3.74. The third-order valence-corrected chi connectivity index (χ3v) is 3.74. The van der Waals surface area contributed by atoms with Gasteiger partial charge in [0.25, 0.3) is 0 Å². The number of ether oxygens (including phenoxy) is 1. The number of fused-ring (bicyclic) bond motifs is 1. The van der Waals surface area contributed by atoms with Gasteiger partial charge >= 0.3 is 6.09 Å². The van der Waals surface area contributed by atoms with Crippen LogP contribution in [0.4, 0.5) is 4.79 Å². The second-order valence-corrected chi connectivity index (χ2v) is 6.71. The number of amides is 1. The maximum Gasteiger partial charge on any atom is 0.410 e. The first-order valence-corrected chi connectivity index (χ1v) is 7.37. The van der Waals surface area contributed by atoms with Gasteiger partial charge in [-0.2, -0.15) is 10.4 Å². The molecule has 0 bridgehead atoms. The molecule has 3 rings (SSSR count). The highest BCUT2D eigenvalue weighted by molar-refractivity contribution is 5.68. The number of aromatic nitrogens is 2. The normalized spacial score (nSPS) is 18.1. The maximum atomic E-state index is 12.2. The Hall–Kier alpha value is -2.03. The smallest absolute Gasteiger partial charge is 0.410 e. The van der Waals surface area contributed by atoms with E-state index in [-0.39, 0.29) is 6.09 Å². The minimum Gasteiger partial charge on any atom is -0.444 e. The van der Waals surface area contributed by atoms with E-state index in [0.717, 1.165) is 30.5 Å². The van der Waals surface area contributed by atoms with E-state index in [4.69, 9.17) is 4.74 Å². The number of carbonyl (C=O) groups is 1. The van der Waals surface area contributed by atoms with Crippen LogP contribution in [0.25, 0.3) is 0 Å². The quantitative estimate of drug-likeness (QED) is 0.795. The summed E-state index contributed by atoms with van der Waals surface area (Å²) in [6, 6.07) is 2.61. The molecule has 1 aliphatic heterocycles. The molecule has 0 unspecified atom stereocenters. The lowest BCUT2D eigenvalue weighted by atomic mass is 10.1. The van der Waals surface area contributed by atoms with Crippen molar-refractivity contribution in [2.45, 2.75) is 58.2 Å². The van der Waals surface area contributed by atoms with E-state index in [2.05, 4.69) is 11.2 Å². The molecule has 0 aromatic carbocycles. The van der Waals surface area contributed by atoms with Crippen molar-refractivity contribution in [3.05, 3.63) is 17.0 Å². The summed E-state index contributed by atoms with van der Waals surface area (Å²) in [5, 5.41) is 13.7. The largest absolute Gasteiger partial charge is 0.444 e. The summed E-state index contributed by atoms with van der Waals surface area (Å²) in [4.78, 5) is 13.8. The highest BCUT2D eigenvalue weighted by atomic mass is 16.6. The van der Waals surface area contributed by atoms with Gasteiger partial charge in [-0.1, -0.05) is 0 Å². The second kappa shape index (κ2) is 4.76. The van der Waals surface area contributed by atoms with Crippen LogP contribution in [0.5, 0.6) is 0 Å². The van der Waals surface area contributed by atoms with Gasteiger partial charge in [0.15, 0.2) is 5.69 Å². The summed E-state index contributed by atoms with van der Waals surface area (Å²) in [5.74, 6) is 0. The molecule has 1 aromatic rings. The fourth-order valence-electron chi connectivity index (χ4n) is 2.64. The Morgan fingerprint density at radius 1 is 1.43 bits per heavy atom. The number of rotatable bonds is 1. The Morgan fingerprint density at radius 2 is 2.14 bits per heavy atom. The Morgan fingerprint density at radius 3 is 2.71 bits per heavy atom. The molecule has 1 aromatic heterocycles. The fraction of sp³-hybridized carbons (Fsp3) is 0.667. The standard InChI is InChI=1S/C15H20N4O2/c1-15(2,3)21-14(20)18-7-6-13-11(9-18)12(8-16)17-19(13)10-4-5-10/h10H,4-7,9H2,1-3H3. The molecule has 1 fully saturated rings. The van der Waals surface area contributed by atoms with Crippen LogP contribution in [0.15, 0.2) is 0 Å². The topological polar surface area (TPSA) is 71.2 Å². The van der Waals surface area contributed by atoms with Crippen molar-refractivity contribution >= 4 is 6.09 Å². The van der Waals surface area contributed by atoms with Gasteiger partial charge in [-0.3, -0.25) is 4.68 Å². The van der Waals surface area contributed by atoms with Gasteiger partial charge in [0.1, 0.15) is 11.7 Å². The SMILES string of the molecule is CC(C)(C)OC(=O)N1CCc2c(c(C#N)nn2C2CC2)C1. The molecule has 2 aliphatic rings. The third kappa shape index (κ3) is 2.73. The van der Waals surface area contributed by atoms with Crippen molar-refractivity contribution in [2.75, 3.05) is 6.54 Å². The predicted molar refractivity (Wildman–Crippen MR) is 75.6 cm³/mol. The van der Waals surface area contributed by atoms with E-state index in [9.17, 15) is 10.1 Å². The van der Waals surface area contributed by atoms with Crippen molar-refractivity contribution in [3.63, 3.8) is 0 Å². The summed E-state index contributed by atoms with van der Waals surface area (Å²) in [6.07, 6.45) is 2.68. The van der Waals surface area contributed by atoms with Crippen LogP contribution in [0.1, 0.15) is 56.6 Å². The van der Waals surface area contributed by atoms with Gasteiger partial charge in [0, 0.05) is 24.2 Å². The Bertz CT molecular complexity index is 617. The van der Waals surface area contributed by atoms with Crippen molar-refractivity contribution < 1.29 is 9.53 Å². The minimum absolute atomic E-state index is 0.323. The number of carbonyl (C=O) groups excluding carboxylic acids is 1. The van der Waals surface area contributed by atoms with Gasteiger partial charge < -0.3 is 9.64 Å². The second-order valence-electron chi connectivity index (χ2n) is 6.71. The zero-order valence-electron chi connectivity index (χ0n) is 12.7. The van der Waals surface area contributed by atoms with Gasteiger partial charge in [0.05, 0.1) is 12.6 Å². The average Bonchev–Trinajstić information content (AvgIpc) is 3.17. The van der Waals surface area contributed by atoms with E-state index in [1.54, 1.807) is 4.90 Å². The fourth-order valence-corrected chi connectivity index (χ4v) is 2.64. The van der Waals surface area contributed by atoms with Crippen molar-refractivity contribution in [3.8, 4) is 6.07 Å². The van der Waals surface area contributed by atoms with E-state index in [1.165, 1.54) is 0 Å². The van der Waals surface area contributed by atoms with Crippen LogP contribution < -0.4 is 0 Å². The molecule has 0 saturated heterocycles. The molecular formula is C15H20N4O2. The first-order valence-electron chi connectivity index (χ1n) is 7.37. The molecule has 2 heterocycles. The van der Waals surface area contributed by atoms with Crippen LogP contribution in [-0.2, 0) is 17.7 Å². The van der Waals surface area contributed by atoms with Crippen molar-refractivity contribution in [2.24, 2.45) is 0 Å². The van der Waals surface area contributed by atoms with Gasteiger partial charge in [0.2, 0.25) is 0 Å². The van der Waals surface area contributed by atoms with Crippen LogP contribution in [0, 0.1) is 11.3 Å². The number of hydrogen-bond donors (Lipinski definition) is 0. The summed E-state index contributed by atoms with van der Waals surface area (Å²) in [7, 11) is 0. The molecular weight excluding hydrogens is 268 g/mol. The van der Waals surface area contributed by atoms with Crippen molar-refractivity contribution in [1.82, 2.24) is 14.7 Å². The van der Waals surface area contributed by atoms with Crippen LogP contribution >= 0.6 is 0 Å². The van der Waals surface area contributed by atoms with E-state index in [0.29, 0.717) is 24.8 Å². The van der Waals surface area contributed by atoms with Crippen molar-refractivity contribution in [1.29, 1.82) is 5.26 Å². The monoisotopic (exact) mass is 288 g/mol. The maximum absolute atomic E-state index is 12.2. The van der Waals surface area contributed by atoms with E-state index >= 15 is 0 Å². The Labute approximate surface area is 124 Å². The molecule has 0 spiro atoms. The number of hydrogen-bond acceptors (Lipinski definition) is 4. The summed E-state index contributed by atoms with van der Waals surface area (Å²) >= 11 is 0. The van der Waals surface area contributed by atoms with Gasteiger partial charge in [-0.05, 0) is 33.6 Å². The zero-order valence-corrected chi connectivity index (χ0v) is 12.7.